The van der Waals surface area contributed by atoms with Gasteiger partial charge in [-0.3, -0.25) is 4.90 Å². The van der Waals surface area contributed by atoms with Crippen LogP contribution in [0.5, 0.6) is 0 Å². The van der Waals surface area contributed by atoms with Gasteiger partial charge in [-0.1, -0.05) is 19.1 Å². The molecule has 1 aliphatic heterocycles. The van der Waals surface area contributed by atoms with Gasteiger partial charge in [-0.2, -0.15) is 10.5 Å². The number of hydrogen-bond donors (Lipinski definition) is 0. The van der Waals surface area contributed by atoms with Crippen molar-refractivity contribution in [3.05, 3.63) is 29.3 Å². The van der Waals surface area contributed by atoms with Crippen LogP contribution in [-0.4, -0.2) is 37.1 Å². The average molecular weight is 268 g/mol. The number of piperazine rings is 1. The van der Waals surface area contributed by atoms with Gasteiger partial charge in [0.05, 0.1) is 23.4 Å². The molecule has 1 unspecified atom stereocenters. The molecule has 4 nitrogen and oxygen atoms in total. The molecule has 104 valence electrons. The quantitative estimate of drug-likeness (QED) is 0.844. The molecule has 1 aromatic rings. The number of aryl methyl sites for hydroxylation is 1. The van der Waals surface area contributed by atoms with Crippen LogP contribution in [0.2, 0.25) is 0 Å². The predicted octanol–water partition coefficient (Wildman–Crippen LogP) is 2.29. The maximum atomic E-state index is 9.26. The van der Waals surface area contributed by atoms with Crippen LogP contribution >= 0.6 is 0 Å². The minimum absolute atomic E-state index is 0.0180. The zero-order valence-electron chi connectivity index (χ0n) is 12.1. The fourth-order valence-electron chi connectivity index (χ4n) is 2.86. The van der Waals surface area contributed by atoms with Crippen LogP contribution in [0.4, 0.5) is 5.69 Å². The summed E-state index contributed by atoms with van der Waals surface area (Å²) in [6.07, 6.45) is 0.865. The molecule has 4 heteroatoms. The lowest BCUT2D eigenvalue weighted by molar-refractivity contribution is 0.216. The monoisotopic (exact) mass is 268 g/mol. The zero-order valence-corrected chi connectivity index (χ0v) is 12.1. The molecule has 1 aromatic carbocycles. The third-order valence-corrected chi connectivity index (χ3v) is 3.97. The van der Waals surface area contributed by atoms with Gasteiger partial charge in [-0.05, 0) is 25.0 Å². The number of rotatable bonds is 3. The largest absolute Gasteiger partial charge is 0.368 e. The van der Waals surface area contributed by atoms with Crippen molar-refractivity contribution in [2.24, 2.45) is 0 Å². The van der Waals surface area contributed by atoms with Gasteiger partial charge in [0.1, 0.15) is 6.07 Å². The van der Waals surface area contributed by atoms with E-state index in [9.17, 15) is 5.26 Å². The molecular formula is C16H20N4. The van der Waals surface area contributed by atoms with E-state index < -0.39 is 0 Å². The average Bonchev–Trinajstić information content (AvgIpc) is 2.49. The van der Waals surface area contributed by atoms with Crippen molar-refractivity contribution in [2.45, 2.75) is 26.3 Å². The number of nitriles is 2. The number of anilines is 1. The molecular weight excluding hydrogens is 248 g/mol. The third-order valence-electron chi connectivity index (χ3n) is 3.97. The number of benzene rings is 1. The fourth-order valence-corrected chi connectivity index (χ4v) is 2.86. The van der Waals surface area contributed by atoms with Crippen LogP contribution in [0.15, 0.2) is 18.2 Å². The molecule has 1 atom stereocenters. The SMILES string of the molecule is CCC(C#N)N1CCN(c2c(C)cccc2C#N)CC1. The second kappa shape index (κ2) is 6.41. The summed E-state index contributed by atoms with van der Waals surface area (Å²) >= 11 is 0. The van der Waals surface area contributed by atoms with Crippen LogP contribution in [0.25, 0.3) is 0 Å². The van der Waals surface area contributed by atoms with Gasteiger partial charge in [0.25, 0.3) is 0 Å². The van der Waals surface area contributed by atoms with Crippen molar-refractivity contribution in [3.8, 4) is 12.1 Å². The van der Waals surface area contributed by atoms with E-state index in [0.29, 0.717) is 0 Å². The van der Waals surface area contributed by atoms with Crippen LogP contribution in [0.3, 0.4) is 0 Å². The summed E-state index contributed by atoms with van der Waals surface area (Å²) in [7, 11) is 0. The van der Waals surface area contributed by atoms with Crippen molar-refractivity contribution < 1.29 is 0 Å². The van der Waals surface area contributed by atoms with E-state index in [1.807, 2.05) is 25.1 Å². The Hall–Kier alpha value is -2.04. The summed E-state index contributed by atoms with van der Waals surface area (Å²) in [5.41, 5.74) is 2.94. The van der Waals surface area contributed by atoms with Gasteiger partial charge in [0.15, 0.2) is 0 Å². The van der Waals surface area contributed by atoms with E-state index in [2.05, 4.69) is 28.9 Å². The molecule has 1 heterocycles. The molecule has 0 aliphatic carbocycles. The molecule has 20 heavy (non-hydrogen) atoms. The van der Waals surface area contributed by atoms with E-state index >= 15 is 0 Å². The molecule has 0 amide bonds. The molecule has 0 N–H and O–H groups in total. The first-order chi connectivity index (χ1) is 9.71. The molecule has 1 fully saturated rings. The molecule has 2 rings (SSSR count). The standard InChI is InChI=1S/C16H20N4/c1-3-15(12-18)19-7-9-20(10-8-19)16-13(2)5-4-6-14(16)11-17/h4-6,15H,3,7-10H2,1-2H3. The first kappa shape index (κ1) is 14.4. The number of nitrogens with zero attached hydrogens (tertiary/aromatic N) is 4. The Morgan fingerprint density at radius 3 is 2.45 bits per heavy atom. The predicted molar refractivity (Wildman–Crippen MR) is 79.4 cm³/mol. The summed E-state index contributed by atoms with van der Waals surface area (Å²) in [6.45, 7) is 7.61. The van der Waals surface area contributed by atoms with Gasteiger partial charge in [-0.15, -0.1) is 0 Å². The lowest BCUT2D eigenvalue weighted by Gasteiger charge is -2.38. The van der Waals surface area contributed by atoms with Gasteiger partial charge in [0, 0.05) is 26.2 Å². The van der Waals surface area contributed by atoms with E-state index in [-0.39, 0.29) is 6.04 Å². The summed E-state index contributed by atoms with van der Waals surface area (Å²) in [6, 6.07) is 10.5. The Balaban J connectivity index is 2.13. The maximum Gasteiger partial charge on any atom is 0.101 e. The van der Waals surface area contributed by atoms with Gasteiger partial charge < -0.3 is 4.90 Å². The van der Waals surface area contributed by atoms with Crippen molar-refractivity contribution in [3.63, 3.8) is 0 Å². The highest BCUT2D eigenvalue weighted by Crippen LogP contribution is 2.26. The van der Waals surface area contributed by atoms with Gasteiger partial charge in [0.2, 0.25) is 0 Å². The van der Waals surface area contributed by atoms with Gasteiger partial charge >= 0.3 is 0 Å². The lowest BCUT2D eigenvalue weighted by Crippen LogP contribution is -2.50. The Bertz CT molecular complexity index is 545. The Kier molecular flexibility index (Phi) is 4.61. The highest BCUT2D eigenvalue weighted by molar-refractivity contribution is 5.64. The highest BCUT2D eigenvalue weighted by Gasteiger charge is 2.24. The normalized spacial score (nSPS) is 17.3. The van der Waals surface area contributed by atoms with Crippen molar-refractivity contribution in [1.29, 1.82) is 10.5 Å². The minimum atomic E-state index is 0.0180. The first-order valence-corrected chi connectivity index (χ1v) is 7.09. The molecule has 1 aliphatic rings. The molecule has 1 saturated heterocycles. The van der Waals surface area contributed by atoms with E-state index in [1.165, 1.54) is 0 Å². The second-order valence-corrected chi connectivity index (χ2v) is 5.16. The number of para-hydroxylation sites is 1. The third kappa shape index (κ3) is 2.76. The zero-order chi connectivity index (χ0) is 14.5. The Morgan fingerprint density at radius 1 is 1.20 bits per heavy atom. The minimum Gasteiger partial charge on any atom is -0.368 e. The molecule has 0 spiro atoms. The summed E-state index contributed by atoms with van der Waals surface area (Å²) in [4.78, 5) is 4.51. The van der Waals surface area contributed by atoms with Crippen molar-refractivity contribution in [1.82, 2.24) is 4.90 Å². The van der Waals surface area contributed by atoms with E-state index in [4.69, 9.17) is 5.26 Å². The molecule has 0 radical (unpaired) electrons. The van der Waals surface area contributed by atoms with Crippen molar-refractivity contribution in [2.75, 3.05) is 31.1 Å². The van der Waals surface area contributed by atoms with Gasteiger partial charge in [-0.25, -0.2) is 0 Å². The molecule has 0 aromatic heterocycles. The van der Waals surface area contributed by atoms with Crippen LogP contribution in [0.1, 0.15) is 24.5 Å². The first-order valence-electron chi connectivity index (χ1n) is 7.09. The van der Waals surface area contributed by atoms with Crippen LogP contribution in [0, 0.1) is 29.6 Å². The Labute approximate surface area is 120 Å². The summed E-state index contributed by atoms with van der Waals surface area (Å²) in [5.74, 6) is 0. The second-order valence-electron chi connectivity index (χ2n) is 5.16. The van der Waals surface area contributed by atoms with E-state index in [0.717, 1.165) is 49.4 Å². The highest BCUT2D eigenvalue weighted by atomic mass is 15.3. The lowest BCUT2D eigenvalue weighted by atomic mass is 10.1. The van der Waals surface area contributed by atoms with Crippen LogP contribution < -0.4 is 4.90 Å². The van der Waals surface area contributed by atoms with Crippen molar-refractivity contribution >= 4 is 5.69 Å². The fraction of sp³-hybridized carbons (Fsp3) is 0.500. The topological polar surface area (TPSA) is 54.1 Å². The summed E-state index contributed by atoms with van der Waals surface area (Å²) in [5, 5.41) is 18.4. The van der Waals surface area contributed by atoms with Crippen LogP contribution in [-0.2, 0) is 0 Å². The molecule has 0 saturated carbocycles. The van der Waals surface area contributed by atoms with E-state index in [1.54, 1.807) is 0 Å². The smallest absolute Gasteiger partial charge is 0.101 e. The summed E-state index contributed by atoms with van der Waals surface area (Å²) < 4.78 is 0. The maximum absolute atomic E-state index is 9.26. The Morgan fingerprint density at radius 2 is 1.90 bits per heavy atom. The molecule has 0 bridgehead atoms. The number of hydrogen-bond acceptors (Lipinski definition) is 4.